The van der Waals surface area contributed by atoms with Gasteiger partial charge in [0.05, 0.1) is 6.54 Å². The molecule has 0 spiro atoms. The molecule has 0 aromatic heterocycles. The van der Waals surface area contributed by atoms with E-state index >= 15 is 0 Å². The number of rotatable bonds is 6. The van der Waals surface area contributed by atoms with E-state index in [-0.39, 0.29) is 19.5 Å². The molecule has 0 rings (SSSR count). The molecule has 0 aliphatic heterocycles. The first kappa shape index (κ1) is 14.3. The summed E-state index contributed by atoms with van der Waals surface area (Å²) >= 11 is 0. The van der Waals surface area contributed by atoms with Gasteiger partial charge in [-0.05, 0) is 12.8 Å². The van der Waals surface area contributed by atoms with Crippen LogP contribution in [-0.4, -0.2) is 42.1 Å². The highest BCUT2D eigenvalue weighted by atomic mass is 16.4. The van der Waals surface area contributed by atoms with E-state index in [9.17, 15) is 14.4 Å². The van der Waals surface area contributed by atoms with E-state index in [2.05, 4.69) is 5.32 Å². The largest absolute Gasteiger partial charge is 0.480 e. The third-order valence-corrected chi connectivity index (χ3v) is 1.73. The molecule has 0 radical (unpaired) electrons. The van der Waals surface area contributed by atoms with Crippen LogP contribution in [0.2, 0.25) is 0 Å². The van der Waals surface area contributed by atoms with Gasteiger partial charge in [-0.3, -0.25) is 14.9 Å². The van der Waals surface area contributed by atoms with Crippen LogP contribution in [0.3, 0.4) is 0 Å². The van der Waals surface area contributed by atoms with Crippen LogP contribution < -0.4 is 22.1 Å². The lowest BCUT2D eigenvalue weighted by Crippen LogP contribution is -2.42. The maximum atomic E-state index is 10.9. The van der Waals surface area contributed by atoms with Crippen molar-refractivity contribution in [2.75, 3.05) is 13.1 Å². The van der Waals surface area contributed by atoms with Gasteiger partial charge in [0.15, 0.2) is 0 Å². The molecule has 0 aliphatic carbocycles. The first-order valence-electron chi connectivity index (χ1n) is 4.73. The maximum Gasteiger partial charge on any atom is 0.321 e. The lowest BCUT2D eigenvalue weighted by molar-refractivity contribution is -0.138. The SMILES string of the molecule is NCC(=O)NC(=O)NCCC[C@H](N)C(=O)O. The highest BCUT2D eigenvalue weighted by Crippen LogP contribution is 1.92. The van der Waals surface area contributed by atoms with Crippen LogP contribution in [-0.2, 0) is 9.59 Å². The van der Waals surface area contributed by atoms with Crippen molar-refractivity contribution < 1.29 is 19.5 Å². The second kappa shape index (κ2) is 7.60. The van der Waals surface area contributed by atoms with E-state index in [4.69, 9.17) is 16.6 Å². The molecule has 0 bridgehead atoms. The zero-order valence-electron chi connectivity index (χ0n) is 8.73. The van der Waals surface area contributed by atoms with Crippen molar-refractivity contribution in [3.05, 3.63) is 0 Å². The van der Waals surface area contributed by atoms with E-state index in [0.29, 0.717) is 6.42 Å². The summed E-state index contributed by atoms with van der Waals surface area (Å²) in [6.45, 7) is -0.0258. The maximum absolute atomic E-state index is 10.9. The van der Waals surface area contributed by atoms with Crippen LogP contribution in [0.1, 0.15) is 12.8 Å². The Morgan fingerprint density at radius 2 is 1.94 bits per heavy atom. The number of imide groups is 1. The first-order valence-corrected chi connectivity index (χ1v) is 4.73. The first-order chi connectivity index (χ1) is 7.47. The summed E-state index contributed by atoms with van der Waals surface area (Å²) < 4.78 is 0. The minimum absolute atomic E-state index is 0.241. The number of urea groups is 1. The molecule has 0 heterocycles. The molecule has 0 saturated carbocycles. The van der Waals surface area contributed by atoms with Gasteiger partial charge in [-0.25, -0.2) is 4.79 Å². The quantitative estimate of drug-likeness (QED) is 0.333. The Morgan fingerprint density at radius 1 is 1.31 bits per heavy atom. The minimum Gasteiger partial charge on any atom is -0.480 e. The summed E-state index contributed by atoms with van der Waals surface area (Å²) in [5, 5.41) is 12.8. The summed E-state index contributed by atoms with van der Waals surface area (Å²) in [7, 11) is 0. The second-order valence-electron chi connectivity index (χ2n) is 3.10. The molecule has 7 N–H and O–H groups in total. The number of hydrogen-bond acceptors (Lipinski definition) is 5. The van der Waals surface area contributed by atoms with E-state index in [0.717, 1.165) is 0 Å². The molecule has 0 fully saturated rings. The fraction of sp³-hybridized carbons (Fsp3) is 0.625. The molecule has 0 saturated heterocycles. The number of carboxylic acids is 1. The third kappa shape index (κ3) is 6.74. The van der Waals surface area contributed by atoms with E-state index < -0.39 is 23.9 Å². The summed E-state index contributed by atoms with van der Waals surface area (Å²) in [6, 6.07) is -1.59. The predicted octanol–water partition coefficient (Wildman–Crippen LogP) is -2.04. The Labute approximate surface area is 92.4 Å². The summed E-state index contributed by atoms with van der Waals surface area (Å²) in [4.78, 5) is 31.9. The number of carbonyl (C=O) groups is 3. The third-order valence-electron chi connectivity index (χ3n) is 1.73. The fourth-order valence-electron chi connectivity index (χ4n) is 0.869. The van der Waals surface area contributed by atoms with Gasteiger partial charge in [0, 0.05) is 6.54 Å². The standard InChI is InChI=1S/C8H16N4O4/c9-4-6(13)12-8(16)11-3-1-2-5(10)7(14)15/h5H,1-4,9-10H2,(H,14,15)(H2,11,12,13,16)/t5-/m0/s1. The summed E-state index contributed by atoms with van der Waals surface area (Å²) in [6.07, 6.45) is 0.665. The summed E-state index contributed by atoms with van der Waals surface area (Å²) in [5.41, 5.74) is 10.2. The van der Waals surface area contributed by atoms with Crippen molar-refractivity contribution >= 4 is 17.9 Å². The Kier molecular flexibility index (Phi) is 6.81. The van der Waals surface area contributed by atoms with Gasteiger partial charge in [0.1, 0.15) is 6.04 Å². The van der Waals surface area contributed by atoms with Gasteiger partial charge in [-0.1, -0.05) is 0 Å². The zero-order chi connectivity index (χ0) is 12.6. The number of nitrogens with two attached hydrogens (primary N) is 2. The van der Waals surface area contributed by atoms with Crippen LogP contribution in [0.15, 0.2) is 0 Å². The van der Waals surface area contributed by atoms with Crippen LogP contribution in [0.25, 0.3) is 0 Å². The highest BCUT2D eigenvalue weighted by Gasteiger charge is 2.10. The van der Waals surface area contributed by atoms with Crippen molar-refractivity contribution in [1.29, 1.82) is 0 Å². The van der Waals surface area contributed by atoms with Crippen molar-refractivity contribution in [2.24, 2.45) is 11.5 Å². The summed E-state index contributed by atoms with van der Waals surface area (Å²) in [5.74, 6) is -1.66. The number of amides is 3. The molecule has 1 atom stereocenters. The number of carboxylic acid groups (broad SMARTS) is 1. The molecule has 92 valence electrons. The normalized spacial score (nSPS) is 11.6. The minimum atomic E-state index is -1.08. The lowest BCUT2D eigenvalue weighted by atomic mass is 10.2. The number of hydrogen-bond donors (Lipinski definition) is 5. The molecule has 0 unspecified atom stereocenters. The van der Waals surface area contributed by atoms with Gasteiger partial charge in [0.2, 0.25) is 5.91 Å². The highest BCUT2D eigenvalue weighted by molar-refractivity contribution is 5.95. The molecule has 0 aliphatic rings. The monoisotopic (exact) mass is 232 g/mol. The molecule has 3 amide bonds. The predicted molar refractivity (Wildman–Crippen MR) is 55.4 cm³/mol. The lowest BCUT2D eigenvalue weighted by Gasteiger charge is -2.07. The smallest absolute Gasteiger partial charge is 0.321 e. The molecular formula is C8H16N4O4. The number of nitrogens with one attached hydrogen (secondary N) is 2. The average molecular weight is 232 g/mol. The van der Waals surface area contributed by atoms with Crippen molar-refractivity contribution in [3.8, 4) is 0 Å². The van der Waals surface area contributed by atoms with Gasteiger partial charge < -0.3 is 21.9 Å². The van der Waals surface area contributed by atoms with Crippen LogP contribution in [0, 0.1) is 0 Å². The fourth-order valence-corrected chi connectivity index (χ4v) is 0.869. The van der Waals surface area contributed by atoms with Crippen molar-refractivity contribution in [3.63, 3.8) is 0 Å². The molecule has 16 heavy (non-hydrogen) atoms. The van der Waals surface area contributed by atoms with Crippen LogP contribution in [0.5, 0.6) is 0 Å². The van der Waals surface area contributed by atoms with Crippen LogP contribution in [0.4, 0.5) is 4.79 Å². The van der Waals surface area contributed by atoms with Gasteiger partial charge in [-0.2, -0.15) is 0 Å². The average Bonchev–Trinajstić information content (AvgIpc) is 2.23. The van der Waals surface area contributed by atoms with Gasteiger partial charge >= 0.3 is 12.0 Å². The topological polar surface area (TPSA) is 148 Å². The van der Waals surface area contributed by atoms with E-state index in [1.807, 2.05) is 5.32 Å². The Morgan fingerprint density at radius 3 is 2.44 bits per heavy atom. The van der Waals surface area contributed by atoms with E-state index in [1.165, 1.54) is 0 Å². The molecule has 0 aromatic carbocycles. The Hall–Kier alpha value is -1.67. The van der Waals surface area contributed by atoms with Gasteiger partial charge in [-0.15, -0.1) is 0 Å². The van der Waals surface area contributed by atoms with Crippen molar-refractivity contribution in [1.82, 2.24) is 10.6 Å². The van der Waals surface area contributed by atoms with Crippen molar-refractivity contribution in [2.45, 2.75) is 18.9 Å². The second-order valence-corrected chi connectivity index (χ2v) is 3.10. The number of aliphatic carboxylic acids is 1. The van der Waals surface area contributed by atoms with Gasteiger partial charge in [0.25, 0.3) is 0 Å². The molecule has 8 heteroatoms. The zero-order valence-corrected chi connectivity index (χ0v) is 8.73. The Bertz CT molecular complexity index is 269. The molecule has 8 nitrogen and oxygen atoms in total. The Balaban J connectivity index is 3.55. The number of carbonyl (C=O) groups excluding carboxylic acids is 2. The molecular weight excluding hydrogens is 216 g/mol. The molecule has 0 aromatic rings. The van der Waals surface area contributed by atoms with Crippen LogP contribution >= 0.6 is 0 Å². The van der Waals surface area contributed by atoms with E-state index in [1.54, 1.807) is 0 Å².